The summed E-state index contributed by atoms with van der Waals surface area (Å²) in [4.78, 5) is 16.2. The van der Waals surface area contributed by atoms with Crippen molar-refractivity contribution in [1.29, 1.82) is 0 Å². The second-order valence-electron chi connectivity index (χ2n) is 5.31. The summed E-state index contributed by atoms with van der Waals surface area (Å²) < 4.78 is 37.0. The third kappa shape index (κ3) is 4.97. The van der Waals surface area contributed by atoms with Gasteiger partial charge in [0.05, 0.1) is 10.6 Å². The highest BCUT2D eigenvalue weighted by Crippen LogP contribution is 2.34. The number of carbonyl (C=O) groups excluding carboxylic acids is 1. The Morgan fingerprint density at radius 2 is 2.12 bits per heavy atom. The number of thiazole rings is 1. The number of urea groups is 1. The minimum atomic E-state index is -3.63. The van der Waals surface area contributed by atoms with Crippen LogP contribution in [-0.2, 0) is 9.84 Å². The number of benzene rings is 1. The van der Waals surface area contributed by atoms with E-state index in [2.05, 4.69) is 15.6 Å². The highest BCUT2D eigenvalue weighted by molar-refractivity contribution is 7.90. The molecule has 1 aromatic carbocycles. The molecule has 0 radical (unpaired) electrons. The lowest BCUT2D eigenvalue weighted by molar-refractivity contribution is 0.249. The van der Waals surface area contributed by atoms with Crippen molar-refractivity contribution in [3.05, 3.63) is 29.7 Å². The molecular formula is C15H18FN3O4S2. The van der Waals surface area contributed by atoms with E-state index >= 15 is 0 Å². The summed E-state index contributed by atoms with van der Waals surface area (Å²) >= 11 is 1.15. The fraction of sp³-hybridized carbons (Fsp3) is 0.333. The van der Waals surface area contributed by atoms with E-state index in [0.717, 1.165) is 23.7 Å². The number of halogens is 1. The monoisotopic (exact) mass is 387 g/mol. The summed E-state index contributed by atoms with van der Waals surface area (Å²) in [6.45, 7) is 2.02. The minimum absolute atomic E-state index is 0.0180. The van der Waals surface area contributed by atoms with Crippen molar-refractivity contribution in [3.8, 4) is 10.4 Å². The maximum absolute atomic E-state index is 14.1. The fourth-order valence-corrected chi connectivity index (χ4v) is 3.77. The Morgan fingerprint density at radius 1 is 1.40 bits per heavy atom. The number of aromatic nitrogens is 1. The zero-order valence-corrected chi connectivity index (χ0v) is 15.3. The molecular weight excluding hydrogens is 369 g/mol. The van der Waals surface area contributed by atoms with Crippen LogP contribution in [0.5, 0.6) is 0 Å². The van der Waals surface area contributed by atoms with Crippen molar-refractivity contribution in [1.82, 2.24) is 10.3 Å². The van der Waals surface area contributed by atoms with Gasteiger partial charge in [-0.25, -0.2) is 22.6 Å². The zero-order chi connectivity index (χ0) is 18.6. The molecule has 1 aromatic heterocycles. The van der Waals surface area contributed by atoms with Gasteiger partial charge in [-0.05, 0) is 31.0 Å². The summed E-state index contributed by atoms with van der Waals surface area (Å²) in [5.41, 5.74) is 1.07. The van der Waals surface area contributed by atoms with E-state index < -0.39 is 21.7 Å². The van der Waals surface area contributed by atoms with Gasteiger partial charge < -0.3 is 10.4 Å². The van der Waals surface area contributed by atoms with Crippen LogP contribution in [0.3, 0.4) is 0 Å². The smallest absolute Gasteiger partial charge is 0.321 e. The molecule has 0 saturated heterocycles. The molecule has 0 bridgehead atoms. The zero-order valence-electron chi connectivity index (χ0n) is 13.7. The normalized spacial score (nSPS) is 11.4. The predicted molar refractivity (Wildman–Crippen MR) is 94.1 cm³/mol. The quantitative estimate of drug-likeness (QED) is 0.658. The summed E-state index contributed by atoms with van der Waals surface area (Å²) in [5, 5.41) is 14.1. The molecule has 10 heteroatoms. The van der Waals surface area contributed by atoms with Crippen LogP contribution in [-0.4, -0.2) is 43.9 Å². The first-order valence-corrected chi connectivity index (χ1v) is 10.1. The lowest BCUT2D eigenvalue weighted by atomic mass is 10.1. The molecule has 2 amide bonds. The third-order valence-corrected chi connectivity index (χ3v) is 5.48. The second kappa shape index (κ2) is 7.89. The fourth-order valence-electron chi connectivity index (χ4n) is 2.08. The number of hydrogen-bond acceptors (Lipinski definition) is 6. The Balaban J connectivity index is 2.20. The van der Waals surface area contributed by atoms with Gasteiger partial charge >= 0.3 is 6.03 Å². The van der Waals surface area contributed by atoms with E-state index in [-0.39, 0.29) is 11.5 Å². The Labute approximate surface area is 148 Å². The third-order valence-electron chi connectivity index (χ3n) is 3.23. The van der Waals surface area contributed by atoms with Crippen molar-refractivity contribution in [2.75, 3.05) is 24.7 Å². The summed E-state index contributed by atoms with van der Waals surface area (Å²) in [6, 6.07) is 3.41. The first kappa shape index (κ1) is 19.3. The van der Waals surface area contributed by atoms with E-state index in [9.17, 15) is 17.6 Å². The number of aryl methyl sites for hydroxylation is 1. The standard InChI is InChI=1S/C15H18FN3O4S2/c1-9-13(10-4-5-12(11(16)8-10)25(2,22)23)24-15(18-9)19-14(21)17-6-3-7-20/h4-5,8,20H,3,6-7H2,1-2H3,(H2,17,18,19,21). The van der Waals surface area contributed by atoms with E-state index in [1.807, 2.05) is 0 Å². The number of amides is 2. The molecule has 0 atom stereocenters. The Kier molecular flexibility index (Phi) is 6.09. The number of nitrogens with zero attached hydrogens (tertiary/aromatic N) is 1. The van der Waals surface area contributed by atoms with Gasteiger partial charge in [0.15, 0.2) is 15.0 Å². The van der Waals surface area contributed by atoms with Crippen LogP contribution in [0.1, 0.15) is 12.1 Å². The Hall–Kier alpha value is -2.04. The molecule has 2 aromatic rings. The van der Waals surface area contributed by atoms with E-state index in [0.29, 0.717) is 34.2 Å². The number of nitrogens with one attached hydrogen (secondary N) is 2. The number of anilines is 1. The van der Waals surface area contributed by atoms with E-state index in [4.69, 9.17) is 5.11 Å². The molecule has 1 heterocycles. The van der Waals surface area contributed by atoms with Crippen LogP contribution < -0.4 is 10.6 Å². The molecule has 0 unspecified atom stereocenters. The van der Waals surface area contributed by atoms with Gasteiger partial charge in [0.2, 0.25) is 0 Å². The maximum atomic E-state index is 14.1. The van der Waals surface area contributed by atoms with Crippen molar-refractivity contribution in [2.45, 2.75) is 18.2 Å². The van der Waals surface area contributed by atoms with Crippen LogP contribution >= 0.6 is 11.3 Å². The first-order valence-electron chi connectivity index (χ1n) is 7.35. The average molecular weight is 387 g/mol. The molecule has 7 nitrogen and oxygen atoms in total. The minimum Gasteiger partial charge on any atom is -0.396 e. The lowest BCUT2D eigenvalue weighted by Crippen LogP contribution is -2.29. The number of aliphatic hydroxyl groups excluding tert-OH is 1. The number of aliphatic hydroxyl groups is 1. The van der Waals surface area contributed by atoms with Gasteiger partial charge in [-0.3, -0.25) is 5.32 Å². The SMILES string of the molecule is Cc1nc(NC(=O)NCCCO)sc1-c1ccc(S(C)(=O)=O)c(F)c1. The van der Waals surface area contributed by atoms with E-state index in [1.165, 1.54) is 12.1 Å². The van der Waals surface area contributed by atoms with Gasteiger partial charge in [0.1, 0.15) is 10.7 Å². The topological polar surface area (TPSA) is 108 Å². The van der Waals surface area contributed by atoms with Gasteiger partial charge in [0, 0.05) is 19.4 Å². The van der Waals surface area contributed by atoms with Crippen LogP contribution in [0.2, 0.25) is 0 Å². The summed E-state index contributed by atoms with van der Waals surface area (Å²) in [5.74, 6) is -0.830. The molecule has 25 heavy (non-hydrogen) atoms. The average Bonchev–Trinajstić information content (AvgIpc) is 2.86. The van der Waals surface area contributed by atoms with Crippen molar-refractivity contribution in [3.63, 3.8) is 0 Å². The van der Waals surface area contributed by atoms with E-state index in [1.54, 1.807) is 6.92 Å². The van der Waals surface area contributed by atoms with Gasteiger partial charge in [-0.15, -0.1) is 0 Å². The Morgan fingerprint density at radius 3 is 2.72 bits per heavy atom. The second-order valence-corrected chi connectivity index (χ2v) is 8.29. The molecule has 0 fully saturated rings. The molecule has 3 N–H and O–H groups in total. The van der Waals surface area contributed by atoms with Gasteiger partial charge in [-0.2, -0.15) is 0 Å². The number of carbonyl (C=O) groups is 1. The molecule has 0 aliphatic carbocycles. The van der Waals surface area contributed by atoms with Crippen LogP contribution in [0.15, 0.2) is 23.1 Å². The van der Waals surface area contributed by atoms with Crippen molar-refractivity contribution in [2.24, 2.45) is 0 Å². The van der Waals surface area contributed by atoms with Crippen molar-refractivity contribution >= 4 is 32.3 Å². The molecule has 0 saturated carbocycles. The summed E-state index contributed by atoms with van der Waals surface area (Å²) in [7, 11) is -3.63. The van der Waals surface area contributed by atoms with Crippen LogP contribution in [0.25, 0.3) is 10.4 Å². The van der Waals surface area contributed by atoms with Crippen molar-refractivity contribution < 1.29 is 22.7 Å². The lowest BCUT2D eigenvalue weighted by Gasteiger charge is -2.04. The molecule has 136 valence electrons. The molecule has 0 spiro atoms. The molecule has 0 aliphatic rings. The number of rotatable bonds is 6. The van der Waals surface area contributed by atoms with Crippen LogP contribution in [0, 0.1) is 12.7 Å². The van der Waals surface area contributed by atoms with Crippen LogP contribution in [0.4, 0.5) is 14.3 Å². The summed E-state index contributed by atoms with van der Waals surface area (Å²) in [6.07, 6.45) is 1.39. The Bertz CT molecular complexity index is 881. The predicted octanol–water partition coefficient (Wildman–Crippen LogP) is 2.17. The largest absolute Gasteiger partial charge is 0.396 e. The molecule has 2 rings (SSSR count). The maximum Gasteiger partial charge on any atom is 0.321 e. The molecule has 0 aliphatic heterocycles. The first-order chi connectivity index (χ1) is 11.7. The number of sulfone groups is 1. The van der Waals surface area contributed by atoms with Gasteiger partial charge in [-0.1, -0.05) is 17.4 Å². The van der Waals surface area contributed by atoms with Gasteiger partial charge in [0.25, 0.3) is 0 Å². The number of hydrogen-bond donors (Lipinski definition) is 3. The highest BCUT2D eigenvalue weighted by Gasteiger charge is 2.17. The highest BCUT2D eigenvalue weighted by atomic mass is 32.2.